The number of benzene rings is 1. The molecule has 1 N–H and O–H groups in total. The van der Waals surface area contributed by atoms with Gasteiger partial charge in [-0.05, 0) is 19.4 Å². The van der Waals surface area contributed by atoms with Gasteiger partial charge in [-0.25, -0.2) is 4.99 Å². The molecule has 2 atom stereocenters. The number of aliphatic imine (C=N–C) groups is 1. The Morgan fingerprint density at radius 3 is 2.76 bits per heavy atom. The van der Waals surface area contributed by atoms with Gasteiger partial charge in [-0.1, -0.05) is 31.5 Å². The SMILES string of the molecule is CCCC1=Nc2[nH]ncc2C(c2ccccc2OC)C1C(=O)OCC. The van der Waals surface area contributed by atoms with Crippen LogP contribution in [0, 0.1) is 5.92 Å². The van der Waals surface area contributed by atoms with E-state index in [0.717, 1.165) is 35.4 Å². The third-order valence-corrected chi connectivity index (χ3v) is 4.45. The van der Waals surface area contributed by atoms with Gasteiger partial charge in [-0.3, -0.25) is 9.89 Å². The zero-order valence-corrected chi connectivity index (χ0v) is 14.8. The van der Waals surface area contributed by atoms with E-state index in [1.54, 1.807) is 13.3 Å². The summed E-state index contributed by atoms with van der Waals surface area (Å²) in [6.07, 6.45) is 3.37. The van der Waals surface area contributed by atoms with E-state index in [-0.39, 0.29) is 11.9 Å². The number of aromatic nitrogens is 2. The van der Waals surface area contributed by atoms with Gasteiger partial charge in [0.1, 0.15) is 11.7 Å². The van der Waals surface area contributed by atoms with Gasteiger partial charge in [0.2, 0.25) is 0 Å². The van der Waals surface area contributed by atoms with Crippen LogP contribution in [0.4, 0.5) is 5.82 Å². The maximum atomic E-state index is 12.8. The standard InChI is InChI=1S/C19H23N3O3/c1-4-8-14-17(19(23)25-5-2)16(13-11-20-22-18(13)21-14)12-9-6-7-10-15(12)24-3/h6-7,9-11,16-17H,4-5,8H2,1-3H3,(H,20,22). The van der Waals surface area contributed by atoms with Crippen LogP contribution in [0.5, 0.6) is 5.75 Å². The third-order valence-electron chi connectivity index (χ3n) is 4.45. The summed E-state index contributed by atoms with van der Waals surface area (Å²) in [4.78, 5) is 17.5. The van der Waals surface area contributed by atoms with Crippen molar-refractivity contribution in [3.8, 4) is 5.75 Å². The smallest absolute Gasteiger partial charge is 0.315 e. The molecule has 2 heterocycles. The van der Waals surface area contributed by atoms with Crippen molar-refractivity contribution in [1.82, 2.24) is 10.2 Å². The molecule has 1 aromatic heterocycles. The Balaban J connectivity index is 2.17. The lowest BCUT2D eigenvalue weighted by molar-refractivity contribution is -0.146. The average Bonchev–Trinajstić information content (AvgIpc) is 3.09. The number of hydrogen-bond acceptors (Lipinski definition) is 5. The topological polar surface area (TPSA) is 76.6 Å². The molecule has 6 heteroatoms. The molecule has 2 aromatic rings. The van der Waals surface area contributed by atoms with Crippen molar-refractivity contribution >= 4 is 17.5 Å². The number of hydrogen-bond donors (Lipinski definition) is 1. The number of rotatable bonds is 6. The molecular formula is C19H23N3O3. The molecule has 0 fully saturated rings. The predicted molar refractivity (Wildman–Crippen MR) is 95.6 cm³/mol. The van der Waals surface area contributed by atoms with Crippen LogP contribution in [0.1, 0.15) is 43.7 Å². The van der Waals surface area contributed by atoms with E-state index in [0.29, 0.717) is 12.4 Å². The first-order valence-corrected chi connectivity index (χ1v) is 8.61. The molecule has 1 aliphatic heterocycles. The number of methoxy groups -OCH3 is 1. The van der Waals surface area contributed by atoms with Crippen LogP contribution in [0.25, 0.3) is 0 Å². The number of esters is 1. The van der Waals surface area contributed by atoms with Gasteiger partial charge in [0, 0.05) is 22.8 Å². The predicted octanol–water partition coefficient (Wildman–Crippen LogP) is 3.62. The molecule has 3 rings (SSSR count). The van der Waals surface area contributed by atoms with Crippen molar-refractivity contribution in [2.45, 2.75) is 32.6 Å². The summed E-state index contributed by atoms with van der Waals surface area (Å²) in [5.74, 6) is 0.494. The minimum atomic E-state index is -0.471. The Kier molecular flexibility index (Phi) is 5.16. The van der Waals surface area contributed by atoms with Gasteiger partial charge in [-0.15, -0.1) is 0 Å². The molecule has 2 unspecified atom stereocenters. The van der Waals surface area contributed by atoms with Crippen molar-refractivity contribution in [2.24, 2.45) is 10.9 Å². The highest BCUT2D eigenvalue weighted by atomic mass is 16.5. The summed E-state index contributed by atoms with van der Waals surface area (Å²) < 4.78 is 10.9. The van der Waals surface area contributed by atoms with Crippen LogP contribution in [-0.4, -0.2) is 35.6 Å². The van der Waals surface area contributed by atoms with Crippen molar-refractivity contribution < 1.29 is 14.3 Å². The third kappa shape index (κ3) is 3.16. The number of nitrogens with zero attached hydrogens (tertiary/aromatic N) is 2. The lowest BCUT2D eigenvalue weighted by Crippen LogP contribution is -2.34. The zero-order valence-electron chi connectivity index (χ0n) is 14.8. The first-order chi connectivity index (χ1) is 12.2. The van der Waals surface area contributed by atoms with E-state index in [4.69, 9.17) is 9.47 Å². The van der Waals surface area contributed by atoms with Crippen LogP contribution in [-0.2, 0) is 9.53 Å². The molecular weight excluding hydrogens is 318 g/mol. The van der Waals surface area contributed by atoms with Crippen molar-refractivity contribution in [2.75, 3.05) is 13.7 Å². The quantitative estimate of drug-likeness (QED) is 0.814. The van der Waals surface area contributed by atoms with Gasteiger partial charge in [0.05, 0.1) is 19.9 Å². The summed E-state index contributed by atoms with van der Waals surface area (Å²) in [5, 5.41) is 7.09. The first-order valence-electron chi connectivity index (χ1n) is 8.61. The molecule has 132 valence electrons. The van der Waals surface area contributed by atoms with Crippen LogP contribution >= 0.6 is 0 Å². The van der Waals surface area contributed by atoms with Gasteiger partial charge in [0.25, 0.3) is 0 Å². The van der Waals surface area contributed by atoms with E-state index in [2.05, 4.69) is 22.1 Å². The first kappa shape index (κ1) is 17.2. The Bertz CT molecular complexity index is 782. The van der Waals surface area contributed by atoms with E-state index in [9.17, 15) is 4.79 Å². The van der Waals surface area contributed by atoms with Crippen molar-refractivity contribution in [1.29, 1.82) is 0 Å². The van der Waals surface area contributed by atoms with Crippen molar-refractivity contribution in [3.05, 3.63) is 41.6 Å². The van der Waals surface area contributed by atoms with Crippen LogP contribution in [0.15, 0.2) is 35.5 Å². The number of H-pyrrole nitrogens is 1. The highest BCUT2D eigenvalue weighted by Gasteiger charge is 2.41. The second-order valence-corrected chi connectivity index (χ2v) is 5.98. The zero-order chi connectivity index (χ0) is 17.8. The van der Waals surface area contributed by atoms with E-state index < -0.39 is 5.92 Å². The summed E-state index contributed by atoms with van der Waals surface area (Å²) in [6.45, 7) is 4.23. The Morgan fingerprint density at radius 2 is 2.04 bits per heavy atom. The van der Waals surface area contributed by atoms with Crippen molar-refractivity contribution in [3.63, 3.8) is 0 Å². The van der Waals surface area contributed by atoms with Crippen LogP contribution < -0.4 is 4.74 Å². The number of carbonyl (C=O) groups is 1. The van der Waals surface area contributed by atoms with Gasteiger partial charge in [-0.2, -0.15) is 5.10 Å². The van der Waals surface area contributed by atoms with Gasteiger partial charge >= 0.3 is 5.97 Å². The minimum Gasteiger partial charge on any atom is -0.496 e. The summed E-state index contributed by atoms with van der Waals surface area (Å²) in [6, 6.07) is 7.76. The largest absolute Gasteiger partial charge is 0.496 e. The molecule has 1 aliphatic rings. The fourth-order valence-corrected chi connectivity index (χ4v) is 3.43. The normalized spacial score (nSPS) is 19.1. The molecule has 1 aromatic carbocycles. The molecule has 0 radical (unpaired) electrons. The fraction of sp³-hybridized carbons (Fsp3) is 0.421. The molecule has 0 saturated heterocycles. The molecule has 0 amide bonds. The number of para-hydroxylation sites is 1. The average molecular weight is 341 g/mol. The van der Waals surface area contributed by atoms with Crippen LogP contribution in [0.3, 0.4) is 0 Å². The Labute approximate surface area is 147 Å². The number of carbonyl (C=O) groups excluding carboxylic acids is 1. The number of ether oxygens (including phenoxy) is 2. The number of aromatic amines is 1. The Morgan fingerprint density at radius 1 is 1.24 bits per heavy atom. The van der Waals surface area contributed by atoms with Crippen LogP contribution in [0.2, 0.25) is 0 Å². The van der Waals surface area contributed by atoms with E-state index >= 15 is 0 Å². The second kappa shape index (κ2) is 7.51. The molecule has 0 spiro atoms. The maximum Gasteiger partial charge on any atom is 0.315 e. The monoisotopic (exact) mass is 341 g/mol. The maximum absolute atomic E-state index is 12.8. The molecule has 0 bridgehead atoms. The highest BCUT2D eigenvalue weighted by Crippen LogP contribution is 2.45. The lowest BCUT2D eigenvalue weighted by Gasteiger charge is -2.31. The number of nitrogens with one attached hydrogen (secondary N) is 1. The number of fused-ring (bicyclic) bond motifs is 1. The summed E-state index contributed by atoms with van der Waals surface area (Å²) in [7, 11) is 1.64. The van der Waals surface area contributed by atoms with E-state index in [1.807, 2.05) is 31.2 Å². The lowest BCUT2D eigenvalue weighted by atomic mass is 9.76. The minimum absolute atomic E-state index is 0.233. The second-order valence-electron chi connectivity index (χ2n) is 5.98. The van der Waals surface area contributed by atoms with Gasteiger partial charge in [0.15, 0.2) is 5.82 Å². The highest BCUT2D eigenvalue weighted by molar-refractivity contribution is 6.06. The van der Waals surface area contributed by atoms with Gasteiger partial charge < -0.3 is 9.47 Å². The summed E-state index contributed by atoms with van der Waals surface area (Å²) >= 11 is 0. The molecule has 6 nitrogen and oxygen atoms in total. The molecule has 25 heavy (non-hydrogen) atoms. The summed E-state index contributed by atoms with van der Waals surface area (Å²) in [5.41, 5.74) is 2.66. The van der Waals surface area contributed by atoms with E-state index in [1.165, 1.54) is 0 Å². The fourth-order valence-electron chi connectivity index (χ4n) is 3.43. The molecule has 0 aliphatic carbocycles. The molecule has 0 saturated carbocycles. The Hall–Kier alpha value is -2.63.